The molecule has 1 aliphatic carbocycles. The SMILES string of the molecule is COc1ccc(F)cc1CNC(=O)C1(C)COc2c(oc3cc(C(=O)NC4(C)COC4)ccc23)C(=O)N1CC1CC1. The van der Waals surface area contributed by atoms with Crippen molar-refractivity contribution in [1.82, 2.24) is 15.5 Å². The number of benzene rings is 2. The number of ether oxygens (including phenoxy) is 3. The van der Waals surface area contributed by atoms with E-state index in [2.05, 4.69) is 10.6 Å². The Morgan fingerprint density at radius 3 is 2.59 bits per heavy atom. The molecule has 216 valence electrons. The van der Waals surface area contributed by atoms with Crippen LogP contribution < -0.4 is 20.1 Å². The number of methoxy groups -OCH3 is 1. The third-order valence-corrected chi connectivity index (χ3v) is 8.00. The molecule has 6 rings (SSSR count). The van der Waals surface area contributed by atoms with Gasteiger partial charge in [0.15, 0.2) is 11.3 Å². The van der Waals surface area contributed by atoms with Gasteiger partial charge in [0.2, 0.25) is 11.7 Å². The number of hydrogen-bond donors (Lipinski definition) is 2. The first-order valence-electron chi connectivity index (χ1n) is 13.6. The van der Waals surface area contributed by atoms with Gasteiger partial charge in [-0.2, -0.15) is 0 Å². The number of carbonyl (C=O) groups is 3. The molecule has 10 nitrogen and oxygen atoms in total. The van der Waals surface area contributed by atoms with E-state index in [0.717, 1.165) is 12.8 Å². The van der Waals surface area contributed by atoms with Gasteiger partial charge in [-0.05, 0) is 69.0 Å². The summed E-state index contributed by atoms with van der Waals surface area (Å²) in [6.07, 6.45) is 1.91. The molecule has 2 fully saturated rings. The van der Waals surface area contributed by atoms with Gasteiger partial charge >= 0.3 is 0 Å². The molecule has 1 atom stereocenters. The van der Waals surface area contributed by atoms with Crippen LogP contribution in [0.1, 0.15) is 53.2 Å². The maximum absolute atomic E-state index is 14.0. The maximum Gasteiger partial charge on any atom is 0.294 e. The smallest absolute Gasteiger partial charge is 0.294 e. The fourth-order valence-corrected chi connectivity index (χ4v) is 5.24. The molecule has 3 heterocycles. The molecule has 0 radical (unpaired) electrons. The summed E-state index contributed by atoms with van der Waals surface area (Å²) in [5, 5.41) is 6.34. The van der Waals surface area contributed by atoms with Crippen LogP contribution in [0.3, 0.4) is 0 Å². The highest BCUT2D eigenvalue weighted by atomic mass is 19.1. The molecule has 11 heteroatoms. The number of rotatable bonds is 8. The number of fused-ring (bicyclic) bond motifs is 3. The highest BCUT2D eigenvalue weighted by Crippen LogP contribution is 2.41. The molecular formula is C30H32FN3O7. The lowest BCUT2D eigenvalue weighted by molar-refractivity contribution is -0.133. The minimum atomic E-state index is -1.37. The summed E-state index contributed by atoms with van der Waals surface area (Å²) in [6, 6.07) is 9.00. The first-order valence-corrected chi connectivity index (χ1v) is 13.6. The van der Waals surface area contributed by atoms with Gasteiger partial charge in [0, 0.05) is 24.2 Å². The molecule has 2 aliphatic heterocycles. The fraction of sp³-hybridized carbons (Fsp3) is 0.433. The molecular weight excluding hydrogens is 533 g/mol. The van der Waals surface area contributed by atoms with Crippen LogP contribution in [0.4, 0.5) is 4.39 Å². The van der Waals surface area contributed by atoms with Crippen molar-refractivity contribution in [3.8, 4) is 11.5 Å². The zero-order chi connectivity index (χ0) is 28.9. The van der Waals surface area contributed by atoms with Gasteiger partial charge in [-0.15, -0.1) is 0 Å². The molecule has 41 heavy (non-hydrogen) atoms. The third kappa shape index (κ3) is 4.99. The minimum Gasteiger partial charge on any atom is -0.496 e. The van der Waals surface area contributed by atoms with E-state index in [1.807, 2.05) is 6.92 Å². The molecule has 3 aromatic rings. The second kappa shape index (κ2) is 10.1. The van der Waals surface area contributed by atoms with Gasteiger partial charge < -0.3 is 34.2 Å². The lowest BCUT2D eigenvalue weighted by Crippen LogP contribution is -2.61. The molecule has 2 aromatic carbocycles. The van der Waals surface area contributed by atoms with Gasteiger partial charge in [-0.25, -0.2) is 4.39 Å². The summed E-state index contributed by atoms with van der Waals surface area (Å²) >= 11 is 0. The van der Waals surface area contributed by atoms with Gasteiger partial charge in [0.1, 0.15) is 23.8 Å². The number of hydrogen-bond acceptors (Lipinski definition) is 7. The van der Waals surface area contributed by atoms with Crippen LogP contribution >= 0.6 is 0 Å². The van der Waals surface area contributed by atoms with Crippen LogP contribution in [0.5, 0.6) is 11.5 Å². The van der Waals surface area contributed by atoms with Crippen molar-refractivity contribution in [2.24, 2.45) is 5.92 Å². The maximum atomic E-state index is 14.0. The Kier molecular flexibility index (Phi) is 6.64. The third-order valence-electron chi connectivity index (χ3n) is 8.00. The normalized spacial score (nSPS) is 21.4. The molecule has 1 saturated heterocycles. The number of amides is 3. The van der Waals surface area contributed by atoms with Crippen molar-refractivity contribution in [3.63, 3.8) is 0 Å². The van der Waals surface area contributed by atoms with Crippen molar-refractivity contribution < 1.29 is 37.4 Å². The molecule has 1 unspecified atom stereocenters. The average Bonchev–Trinajstić information content (AvgIpc) is 3.71. The fourth-order valence-electron chi connectivity index (χ4n) is 5.24. The first-order chi connectivity index (χ1) is 19.6. The number of halogens is 1. The van der Waals surface area contributed by atoms with E-state index in [9.17, 15) is 18.8 Å². The Morgan fingerprint density at radius 2 is 1.90 bits per heavy atom. The van der Waals surface area contributed by atoms with Crippen molar-refractivity contribution in [2.75, 3.05) is 33.5 Å². The largest absolute Gasteiger partial charge is 0.496 e. The summed E-state index contributed by atoms with van der Waals surface area (Å²) in [7, 11) is 1.47. The zero-order valence-electron chi connectivity index (χ0n) is 23.2. The summed E-state index contributed by atoms with van der Waals surface area (Å²) < 4.78 is 36.5. The predicted molar refractivity (Wildman–Crippen MR) is 145 cm³/mol. The van der Waals surface area contributed by atoms with E-state index in [1.165, 1.54) is 30.2 Å². The number of carbonyl (C=O) groups excluding carboxylic acids is 3. The summed E-state index contributed by atoms with van der Waals surface area (Å²) in [4.78, 5) is 42.0. The topological polar surface area (TPSA) is 119 Å². The van der Waals surface area contributed by atoms with E-state index in [4.69, 9.17) is 18.6 Å². The first kappa shape index (κ1) is 27.1. The van der Waals surface area contributed by atoms with E-state index < -0.39 is 28.7 Å². The second-order valence-electron chi connectivity index (χ2n) is 11.5. The van der Waals surface area contributed by atoms with Gasteiger partial charge in [-0.1, -0.05) is 0 Å². The Hall–Kier alpha value is -4.12. The molecule has 0 spiro atoms. The highest BCUT2D eigenvalue weighted by Gasteiger charge is 2.49. The van der Waals surface area contributed by atoms with Crippen molar-refractivity contribution in [2.45, 2.75) is 44.3 Å². The van der Waals surface area contributed by atoms with Crippen LogP contribution in [-0.2, 0) is 16.1 Å². The zero-order valence-corrected chi connectivity index (χ0v) is 23.2. The quantitative estimate of drug-likeness (QED) is 0.430. The monoisotopic (exact) mass is 565 g/mol. The Labute approximate surface area is 236 Å². The summed E-state index contributed by atoms with van der Waals surface area (Å²) in [5.74, 6) is -0.701. The number of furan rings is 1. The number of nitrogens with one attached hydrogen (secondary N) is 2. The predicted octanol–water partition coefficient (Wildman–Crippen LogP) is 3.42. The van der Waals surface area contributed by atoms with Gasteiger partial charge in [0.25, 0.3) is 11.8 Å². The molecule has 0 bridgehead atoms. The Morgan fingerprint density at radius 1 is 1.12 bits per heavy atom. The molecule has 3 amide bonds. The van der Waals surface area contributed by atoms with E-state index >= 15 is 0 Å². The second-order valence-corrected chi connectivity index (χ2v) is 11.5. The van der Waals surface area contributed by atoms with Crippen molar-refractivity contribution in [1.29, 1.82) is 0 Å². The lowest BCUT2D eigenvalue weighted by Gasteiger charge is -2.38. The van der Waals surface area contributed by atoms with Crippen LogP contribution in [-0.4, -0.2) is 67.2 Å². The Balaban J connectivity index is 1.27. The van der Waals surface area contributed by atoms with E-state index in [-0.39, 0.29) is 36.5 Å². The van der Waals surface area contributed by atoms with Crippen LogP contribution in [0.15, 0.2) is 40.8 Å². The van der Waals surface area contributed by atoms with Crippen molar-refractivity contribution >= 4 is 28.7 Å². The lowest BCUT2D eigenvalue weighted by atomic mass is 9.98. The van der Waals surface area contributed by atoms with Gasteiger partial charge in [0.05, 0.1) is 31.2 Å². The minimum absolute atomic E-state index is 0.00328. The molecule has 3 aliphatic rings. The molecule has 2 N–H and O–H groups in total. The van der Waals surface area contributed by atoms with E-state index in [0.29, 0.717) is 47.6 Å². The van der Waals surface area contributed by atoms with Crippen LogP contribution in [0.2, 0.25) is 0 Å². The van der Waals surface area contributed by atoms with E-state index in [1.54, 1.807) is 25.1 Å². The van der Waals surface area contributed by atoms with Crippen LogP contribution in [0, 0.1) is 11.7 Å². The standard InChI is InChI=1S/C30H32FN3O7/c1-29(14-39-15-29)33-26(35)18-6-8-21-23(11-18)41-25-24(21)40-16-30(2,34(27(25)36)13-17-4-5-17)28(37)32-12-19-10-20(31)7-9-22(19)38-3/h6-11,17H,4-5,12-16H2,1-3H3,(H,32,37)(H,33,35). The number of nitrogens with zero attached hydrogens (tertiary/aromatic N) is 1. The highest BCUT2D eigenvalue weighted by molar-refractivity contribution is 6.06. The molecule has 1 aromatic heterocycles. The van der Waals surface area contributed by atoms with Crippen molar-refractivity contribution in [3.05, 3.63) is 59.1 Å². The van der Waals surface area contributed by atoms with Gasteiger partial charge in [-0.3, -0.25) is 14.4 Å². The Bertz CT molecular complexity index is 1540. The average molecular weight is 566 g/mol. The summed E-state index contributed by atoms with van der Waals surface area (Å²) in [6.45, 7) is 4.69. The summed E-state index contributed by atoms with van der Waals surface area (Å²) in [5.41, 5.74) is -0.596. The van der Waals surface area contributed by atoms with Crippen LogP contribution in [0.25, 0.3) is 11.0 Å². The molecule has 1 saturated carbocycles.